The predicted octanol–water partition coefficient (Wildman–Crippen LogP) is 1.95. The first-order valence-electron chi connectivity index (χ1n) is 7.34. The number of benzene rings is 1. The maximum atomic E-state index is 12.3. The van der Waals surface area contributed by atoms with Crippen LogP contribution in [0.4, 0.5) is 5.69 Å². The first kappa shape index (κ1) is 15.8. The molecule has 1 aliphatic carbocycles. The van der Waals surface area contributed by atoms with E-state index in [1.807, 2.05) is 0 Å². The molecule has 1 aromatic heterocycles. The van der Waals surface area contributed by atoms with E-state index in [0.29, 0.717) is 23.8 Å². The van der Waals surface area contributed by atoms with Gasteiger partial charge < -0.3 is 9.72 Å². The largest absolute Gasteiger partial charge is 0.464 e. The minimum atomic E-state index is -3.57. The molecule has 8 heteroatoms. The lowest BCUT2D eigenvalue weighted by Gasteiger charge is -2.18. The second kappa shape index (κ2) is 5.86. The zero-order valence-electron chi connectivity index (χ0n) is 13.0. The Balaban J connectivity index is 1.80. The molecule has 0 bridgehead atoms. The molecule has 0 radical (unpaired) electrons. The highest BCUT2D eigenvalue weighted by Crippen LogP contribution is 2.30. The van der Waals surface area contributed by atoms with Crippen molar-refractivity contribution >= 4 is 32.8 Å². The fourth-order valence-corrected chi connectivity index (χ4v) is 3.39. The summed E-state index contributed by atoms with van der Waals surface area (Å²) in [4.78, 5) is 14.5. The van der Waals surface area contributed by atoms with Gasteiger partial charge in [0.15, 0.2) is 0 Å². The lowest BCUT2D eigenvalue weighted by molar-refractivity contribution is 0.0595. The Morgan fingerprint density at radius 3 is 2.78 bits per heavy atom. The van der Waals surface area contributed by atoms with E-state index in [0.717, 1.165) is 23.7 Å². The van der Waals surface area contributed by atoms with Crippen LogP contribution in [0.25, 0.3) is 10.9 Å². The number of ether oxygens (including phenoxy) is 1. The first-order valence-corrected chi connectivity index (χ1v) is 8.78. The van der Waals surface area contributed by atoms with Gasteiger partial charge in [0.25, 0.3) is 0 Å². The zero-order chi connectivity index (χ0) is 16.6. The van der Waals surface area contributed by atoms with Gasteiger partial charge in [0, 0.05) is 24.5 Å². The van der Waals surface area contributed by atoms with Crippen LogP contribution < -0.4 is 4.72 Å². The van der Waals surface area contributed by atoms with Crippen molar-refractivity contribution in [1.29, 1.82) is 0 Å². The summed E-state index contributed by atoms with van der Waals surface area (Å²) in [5.41, 5.74) is 1.52. The number of rotatable bonds is 6. The van der Waals surface area contributed by atoms with Crippen LogP contribution in [-0.4, -0.2) is 44.4 Å². The summed E-state index contributed by atoms with van der Waals surface area (Å²) in [6.45, 7) is 0.536. The van der Waals surface area contributed by atoms with Gasteiger partial charge in [0.2, 0.25) is 0 Å². The third kappa shape index (κ3) is 3.48. The third-order valence-electron chi connectivity index (χ3n) is 3.90. The van der Waals surface area contributed by atoms with E-state index in [1.54, 1.807) is 31.3 Å². The topological polar surface area (TPSA) is 91.5 Å². The normalized spacial score (nSPS) is 15.1. The Kier molecular flexibility index (Phi) is 4.03. The maximum absolute atomic E-state index is 12.3. The smallest absolute Gasteiger partial charge is 0.354 e. The summed E-state index contributed by atoms with van der Waals surface area (Å²) < 4.78 is 33.1. The van der Waals surface area contributed by atoms with Gasteiger partial charge in [-0.25, -0.2) is 4.79 Å². The Morgan fingerprint density at radius 1 is 1.39 bits per heavy atom. The molecule has 2 aromatic rings. The van der Waals surface area contributed by atoms with Gasteiger partial charge in [0.1, 0.15) is 5.69 Å². The molecule has 0 unspecified atom stereocenters. The van der Waals surface area contributed by atoms with Gasteiger partial charge in [-0.15, -0.1) is 0 Å². The van der Waals surface area contributed by atoms with Gasteiger partial charge >= 0.3 is 16.2 Å². The number of hydrogen-bond acceptors (Lipinski definition) is 4. The minimum Gasteiger partial charge on any atom is -0.464 e. The van der Waals surface area contributed by atoms with Crippen molar-refractivity contribution in [1.82, 2.24) is 9.29 Å². The molecule has 0 spiro atoms. The number of fused-ring (bicyclic) bond motifs is 1. The number of aromatic amines is 1. The molecular weight excluding hydrogens is 318 g/mol. The van der Waals surface area contributed by atoms with Crippen molar-refractivity contribution in [2.75, 3.05) is 25.4 Å². The molecule has 1 fully saturated rings. The Hall–Kier alpha value is -2.06. The maximum Gasteiger partial charge on any atom is 0.354 e. The number of carbonyl (C=O) groups excluding carboxylic acids is 1. The Morgan fingerprint density at radius 2 is 2.13 bits per heavy atom. The molecule has 23 heavy (non-hydrogen) atoms. The molecule has 0 saturated heterocycles. The van der Waals surface area contributed by atoms with Crippen molar-refractivity contribution in [2.24, 2.45) is 5.92 Å². The van der Waals surface area contributed by atoms with Gasteiger partial charge in [-0.1, -0.05) is 0 Å². The van der Waals surface area contributed by atoms with Crippen LogP contribution in [0.5, 0.6) is 0 Å². The summed E-state index contributed by atoms with van der Waals surface area (Å²) >= 11 is 0. The van der Waals surface area contributed by atoms with Gasteiger partial charge in [-0.05, 0) is 43.0 Å². The minimum absolute atomic E-state index is 0.327. The zero-order valence-corrected chi connectivity index (χ0v) is 13.8. The number of nitrogens with one attached hydrogen (secondary N) is 2. The van der Waals surface area contributed by atoms with Crippen LogP contribution in [0.15, 0.2) is 24.3 Å². The fraction of sp³-hybridized carbons (Fsp3) is 0.400. The summed E-state index contributed by atoms with van der Waals surface area (Å²) in [7, 11) is -0.687. The van der Waals surface area contributed by atoms with Crippen LogP contribution >= 0.6 is 0 Å². The molecule has 1 saturated carbocycles. The highest BCUT2D eigenvalue weighted by atomic mass is 32.2. The molecule has 1 aromatic carbocycles. The van der Waals surface area contributed by atoms with E-state index >= 15 is 0 Å². The molecule has 0 amide bonds. The molecule has 0 aliphatic heterocycles. The monoisotopic (exact) mass is 337 g/mol. The van der Waals surface area contributed by atoms with Gasteiger partial charge in [-0.3, -0.25) is 4.72 Å². The number of esters is 1. The van der Waals surface area contributed by atoms with Crippen LogP contribution in [0.1, 0.15) is 23.3 Å². The van der Waals surface area contributed by atoms with Crippen LogP contribution in [0.3, 0.4) is 0 Å². The number of carbonyl (C=O) groups is 1. The van der Waals surface area contributed by atoms with Crippen molar-refractivity contribution < 1.29 is 17.9 Å². The van der Waals surface area contributed by atoms with Crippen LogP contribution in [-0.2, 0) is 14.9 Å². The average molecular weight is 337 g/mol. The molecule has 7 nitrogen and oxygen atoms in total. The average Bonchev–Trinajstić information content (AvgIpc) is 3.22. The van der Waals surface area contributed by atoms with E-state index in [9.17, 15) is 13.2 Å². The Labute approximate surface area is 134 Å². The van der Waals surface area contributed by atoms with Crippen molar-refractivity contribution in [3.63, 3.8) is 0 Å². The summed E-state index contributed by atoms with van der Waals surface area (Å²) in [6.07, 6.45) is 2.18. The summed E-state index contributed by atoms with van der Waals surface area (Å²) in [5, 5.41) is 0.732. The van der Waals surface area contributed by atoms with Gasteiger partial charge in [0.05, 0.1) is 12.8 Å². The Bertz CT molecular complexity index is 840. The molecule has 124 valence electrons. The number of methoxy groups -OCH3 is 1. The summed E-state index contributed by atoms with van der Waals surface area (Å²) in [6, 6.07) is 6.69. The SMILES string of the molecule is COC(=O)c1cc2cc(NS(=O)(=O)N(C)CC3CC3)ccc2[nH]1. The number of aromatic nitrogens is 1. The number of H-pyrrole nitrogens is 1. The van der Waals surface area contributed by atoms with E-state index in [4.69, 9.17) is 0 Å². The molecule has 1 aliphatic rings. The quantitative estimate of drug-likeness (QED) is 0.788. The second-order valence-corrected chi connectivity index (χ2v) is 7.59. The standard InChI is InChI=1S/C15H19N3O4S/c1-18(9-10-3-4-10)23(20,21)17-12-5-6-13-11(7-12)8-14(16-13)15(19)22-2/h5-8,10,16-17H,3-4,9H2,1-2H3. The van der Waals surface area contributed by atoms with Crippen molar-refractivity contribution in [3.05, 3.63) is 30.0 Å². The van der Waals surface area contributed by atoms with E-state index in [2.05, 4.69) is 14.4 Å². The van der Waals surface area contributed by atoms with Gasteiger partial charge in [-0.2, -0.15) is 12.7 Å². The lowest BCUT2D eigenvalue weighted by atomic mass is 10.2. The van der Waals surface area contributed by atoms with E-state index in [1.165, 1.54) is 11.4 Å². The fourth-order valence-electron chi connectivity index (χ4n) is 2.41. The molecular formula is C15H19N3O4S. The number of anilines is 1. The highest BCUT2D eigenvalue weighted by molar-refractivity contribution is 7.90. The van der Waals surface area contributed by atoms with E-state index < -0.39 is 16.2 Å². The number of nitrogens with zero attached hydrogens (tertiary/aromatic N) is 1. The summed E-state index contributed by atoms with van der Waals surface area (Å²) in [5.74, 6) is 0.0128. The van der Waals surface area contributed by atoms with Crippen molar-refractivity contribution in [2.45, 2.75) is 12.8 Å². The highest BCUT2D eigenvalue weighted by Gasteiger charge is 2.28. The lowest BCUT2D eigenvalue weighted by Crippen LogP contribution is -2.34. The van der Waals surface area contributed by atoms with Crippen LogP contribution in [0.2, 0.25) is 0 Å². The van der Waals surface area contributed by atoms with Crippen molar-refractivity contribution in [3.8, 4) is 0 Å². The molecule has 0 atom stereocenters. The first-order chi connectivity index (χ1) is 10.9. The molecule has 2 N–H and O–H groups in total. The predicted molar refractivity (Wildman–Crippen MR) is 87.5 cm³/mol. The van der Waals surface area contributed by atoms with E-state index in [-0.39, 0.29) is 0 Å². The molecule has 1 heterocycles. The number of hydrogen-bond donors (Lipinski definition) is 2. The third-order valence-corrected chi connectivity index (χ3v) is 5.36. The molecule has 3 rings (SSSR count). The van der Waals surface area contributed by atoms with Crippen LogP contribution in [0, 0.1) is 5.92 Å². The second-order valence-electron chi connectivity index (χ2n) is 5.81.